The van der Waals surface area contributed by atoms with Gasteiger partial charge in [-0.05, 0) is 26.2 Å². The molecule has 0 heterocycles. The van der Waals surface area contributed by atoms with Gasteiger partial charge in [-0.25, -0.2) is 4.79 Å². The molecule has 0 aromatic carbocycles. The van der Waals surface area contributed by atoms with E-state index in [9.17, 15) is 9.90 Å². The molecular weight excluding hydrogens is 192 g/mol. The van der Waals surface area contributed by atoms with E-state index in [0.717, 1.165) is 25.7 Å². The molecule has 0 bridgehead atoms. The van der Waals surface area contributed by atoms with Crippen LogP contribution in [0, 0.1) is 0 Å². The molecule has 0 atom stereocenters. The fourth-order valence-corrected chi connectivity index (χ4v) is 1.98. The van der Waals surface area contributed by atoms with Crippen LogP contribution in [-0.4, -0.2) is 23.3 Å². The summed E-state index contributed by atoms with van der Waals surface area (Å²) in [4.78, 5) is 11.0. The Hall–Kier alpha value is -0.830. The van der Waals surface area contributed by atoms with Crippen LogP contribution in [0.3, 0.4) is 0 Å². The molecule has 0 aliphatic heterocycles. The molecule has 1 rings (SSSR count). The summed E-state index contributed by atoms with van der Waals surface area (Å²) in [7, 11) is 0. The van der Waals surface area contributed by atoms with Crippen molar-refractivity contribution in [2.45, 2.75) is 51.0 Å². The van der Waals surface area contributed by atoms with Gasteiger partial charge in [-0.2, -0.15) is 0 Å². The molecule has 0 amide bonds. The lowest BCUT2D eigenvalue weighted by molar-refractivity contribution is -0.137. The average molecular weight is 212 g/mol. The molecule has 1 saturated carbocycles. The minimum Gasteiger partial charge on any atom is -0.463 e. The first-order valence-corrected chi connectivity index (χ1v) is 5.72. The van der Waals surface area contributed by atoms with E-state index in [1.807, 2.05) is 0 Å². The smallest absolute Gasteiger partial charge is 0.330 e. The minimum atomic E-state index is -0.582. The molecule has 1 aliphatic rings. The highest BCUT2D eigenvalue weighted by Crippen LogP contribution is 2.30. The van der Waals surface area contributed by atoms with E-state index < -0.39 is 5.60 Å². The Bertz CT molecular complexity index is 227. The highest BCUT2D eigenvalue weighted by Gasteiger charge is 2.27. The van der Waals surface area contributed by atoms with E-state index in [0.29, 0.717) is 13.0 Å². The average Bonchev–Trinajstić information content (AvgIpc) is 2.19. The van der Waals surface area contributed by atoms with Crippen molar-refractivity contribution >= 4 is 5.97 Å². The Kier molecular flexibility index (Phi) is 4.82. The van der Waals surface area contributed by atoms with E-state index in [1.165, 1.54) is 12.5 Å². The van der Waals surface area contributed by atoms with E-state index in [4.69, 9.17) is 4.74 Å². The summed E-state index contributed by atoms with van der Waals surface area (Å²) in [6.45, 7) is 2.17. The summed E-state index contributed by atoms with van der Waals surface area (Å²) < 4.78 is 4.76. The molecule has 3 heteroatoms. The first-order chi connectivity index (χ1) is 7.16. The fraction of sp³-hybridized carbons (Fsp3) is 0.750. The Balaban J connectivity index is 2.31. The maximum absolute atomic E-state index is 11.0. The largest absolute Gasteiger partial charge is 0.463 e. The number of ether oxygens (including phenoxy) is 1. The van der Waals surface area contributed by atoms with Crippen molar-refractivity contribution in [3.05, 3.63) is 12.2 Å². The second kappa shape index (κ2) is 5.91. The zero-order valence-corrected chi connectivity index (χ0v) is 9.37. The molecule has 0 spiro atoms. The zero-order chi connectivity index (χ0) is 11.1. The number of carbonyl (C=O) groups is 1. The van der Waals surface area contributed by atoms with Crippen LogP contribution in [0.5, 0.6) is 0 Å². The monoisotopic (exact) mass is 212 g/mol. The van der Waals surface area contributed by atoms with Crippen molar-refractivity contribution in [1.82, 2.24) is 0 Å². The fourth-order valence-electron chi connectivity index (χ4n) is 1.98. The molecule has 15 heavy (non-hydrogen) atoms. The number of aliphatic hydroxyl groups is 1. The maximum Gasteiger partial charge on any atom is 0.330 e. The first-order valence-electron chi connectivity index (χ1n) is 5.72. The Morgan fingerprint density at radius 3 is 2.67 bits per heavy atom. The van der Waals surface area contributed by atoms with Crippen LogP contribution in [0.15, 0.2) is 12.2 Å². The second-order valence-electron chi connectivity index (χ2n) is 4.14. The van der Waals surface area contributed by atoms with Crippen molar-refractivity contribution in [2.75, 3.05) is 6.61 Å². The third kappa shape index (κ3) is 4.47. The minimum absolute atomic E-state index is 0.322. The van der Waals surface area contributed by atoms with Crippen molar-refractivity contribution in [3.63, 3.8) is 0 Å². The molecular formula is C12H20O3. The standard InChI is InChI=1S/C12H20O3/c1-2-15-11(13)7-6-10-12(14)8-4-3-5-9-12/h6-7,14H,2-5,8-10H2,1H3/b7-6+. The Morgan fingerprint density at radius 2 is 2.07 bits per heavy atom. The molecule has 3 nitrogen and oxygen atoms in total. The predicted molar refractivity (Wildman–Crippen MR) is 58.4 cm³/mol. The number of rotatable bonds is 4. The summed E-state index contributed by atoms with van der Waals surface area (Å²) in [6.07, 6.45) is 8.78. The Morgan fingerprint density at radius 1 is 1.40 bits per heavy atom. The number of carbonyl (C=O) groups excluding carboxylic acids is 1. The van der Waals surface area contributed by atoms with Crippen LogP contribution < -0.4 is 0 Å². The molecule has 86 valence electrons. The van der Waals surface area contributed by atoms with Crippen molar-refractivity contribution in [3.8, 4) is 0 Å². The molecule has 1 fully saturated rings. The summed E-state index contributed by atoms with van der Waals surface area (Å²) in [5.41, 5.74) is -0.582. The van der Waals surface area contributed by atoms with Crippen molar-refractivity contribution < 1.29 is 14.6 Å². The van der Waals surface area contributed by atoms with Gasteiger partial charge in [0.15, 0.2) is 0 Å². The van der Waals surface area contributed by atoms with Crippen LogP contribution in [0.25, 0.3) is 0 Å². The third-order valence-electron chi connectivity index (χ3n) is 2.82. The second-order valence-corrected chi connectivity index (χ2v) is 4.14. The van der Waals surface area contributed by atoms with Crippen molar-refractivity contribution in [1.29, 1.82) is 0 Å². The van der Waals surface area contributed by atoms with Crippen LogP contribution in [0.1, 0.15) is 45.4 Å². The number of esters is 1. The van der Waals surface area contributed by atoms with Gasteiger partial charge in [-0.3, -0.25) is 0 Å². The van der Waals surface area contributed by atoms with E-state index in [2.05, 4.69) is 0 Å². The Labute approximate surface area is 91.1 Å². The van der Waals surface area contributed by atoms with E-state index in [1.54, 1.807) is 13.0 Å². The van der Waals surface area contributed by atoms with Crippen LogP contribution in [-0.2, 0) is 9.53 Å². The lowest BCUT2D eigenvalue weighted by atomic mass is 9.82. The van der Waals surface area contributed by atoms with Crippen LogP contribution in [0.4, 0.5) is 0 Å². The molecule has 1 N–H and O–H groups in total. The van der Waals surface area contributed by atoms with E-state index >= 15 is 0 Å². The van der Waals surface area contributed by atoms with Crippen LogP contribution >= 0.6 is 0 Å². The van der Waals surface area contributed by atoms with Crippen molar-refractivity contribution in [2.24, 2.45) is 0 Å². The first kappa shape index (κ1) is 12.2. The zero-order valence-electron chi connectivity index (χ0n) is 9.37. The van der Waals surface area contributed by atoms with Gasteiger partial charge >= 0.3 is 5.97 Å². The van der Waals surface area contributed by atoms with Gasteiger partial charge in [-0.1, -0.05) is 25.3 Å². The van der Waals surface area contributed by atoms with Gasteiger partial charge in [0, 0.05) is 6.08 Å². The normalized spacial score (nSPS) is 20.4. The highest BCUT2D eigenvalue weighted by molar-refractivity contribution is 5.81. The molecule has 0 aromatic heterocycles. The van der Waals surface area contributed by atoms with Gasteiger partial charge in [0.1, 0.15) is 0 Å². The topological polar surface area (TPSA) is 46.5 Å². The molecule has 0 unspecified atom stereocenters. The summed E-state index contributed by atoms with van der Waals surface area (Å²) >= 11 is 0. The quantitative estimate of drug-likeness (QED) is 0.574. The maximum atomic E-state index is 11.0. The molecule has 0 radical (unpaired) electrons. The molecule has 0 saturated heterocycles. The molecule has 1 aliphatic carbocycles. The summed E-state index contributed by atoms with van der Waals surface area (Å²) in [5, 5.41) is 10.1. The lowest BCUT2D eigenvalue weighted by Gasteiger charge is -2.30. The van der Waals surface area contributed by atoms with Gasteiger partial charge < -0.3 is 9.84 Å². The lowest BCUT2D eigenvalue weighted by Crippen LogP contribution is -2.30. The van der Waals surface area contributed by atoms with Gasteiger partial charge in [0.2, 0.25) is 0 Å². The van der Waals surface area contributed by atoms with Crippen LogP contribution in [0.2, 0.25) is 0 Å². The summed E-state index contributed by atoms with van der Waals surface area (Å²) in [5.74, 6) is -0.322. The number of hydrogen-bond donors (Lipinski definition) is 1. The van der Waals surface area contributed by atoms with Gasteiger partial charge in [0.05, 0.1) is 12.2 Å². The highest BCUT2D eigenvalue weighted by atomic mass is 16.5. The van der Waals surface area contributed by atoms with Gasteiger partial charge in [0.25, 0.3) is 0 Å². The number of hydrogen-bond acceptors (Lipinski definition) is 3. The SMILES string of the molecule is CCOC(=O)/C=C/CC1(O)CCCCC1. The van der Waals surface area contributed by atoms with Gasteiger partial charge in [-0.15, -0.1) is 0 Å². The van der Waals surface area contributed by atoms with E-state index in [-0.39, 0.29) is 5.97 Å². The summed E-state index contributed by atoms with van der Waals surface area (Å²) in [6, 6.07) is 0. The third-order valence-corrected chi connectivity index (χ3v) is 2.82. The molecule has 0 aromatic rings. The predicted octanol–water partition coefficient (Wildman–Crippen LogP) is 2.19.